The normalized spacial score (nSPS) is 19.9. The van der Waals surface area contributed by atoms with Crippen molar-refractivity contribution >= 4 is 29.6 Å². The molecule has 40 heavy (non-hydrogen) atoms. The van der Waals surface area contributed by atoms with Crippen molar-refractivity contribution in [2.45, 2.75) is 70.7 Å². The van der Waals surface area contributed by atoms with Gasteiger partial charge in [-0.1, -0.05) is 19.9 Å². The molecule has 2 amide bonds. The van der Waals surface area contributed by atoms with Gasteiger partial charge in [0.2, 0.25) is 12.2 Å². The fourth-order valence-corrected chi connectivity index (χ4v) is 4.27. The molecule has 1 aromatic carbocycles. The predicted molar refractivity (Wildman–Crippen MR) is 137 cm³/mol. The Morgan fingerprint density at radius 1 is 1.27 bits per heavy atom. The van der Waals surface area contributed by atoms with Gasteiger partial charge in [-0.15, -0.1) is 12.3 Å². The lowest BCUT2D eigenvalue weighted by atomic mass is 10.0. The highest BCUT2D eigenvalue weighted by molar-refractivity contribution is 5.84. The Kier molecular flexibility index (Phi) is 11.2. The van der Waals surface area contributed by atoms with Crippen molar-refractivity contribution in [1.82, 2.24) is 4.90 Å². The Hall–Kier alpha value is -4.38. The minimum absolute atomic E-state index is 0.00741. The van der Waals surface area contributed by atoms with E-state index in [-0.39, 0.29) is 36.5 Å². The van der Waals surface area contributed by atoms with Gasteiger partial charge in [0.1, 0.15) is 18.2 Å². The van der Waals surface area contributed by atoms with Crippen molar-refractivity contribution < 1.29 is 47.8 Å². The number of primary amides is 1. The van der Waals surface area contributed by atoms with Crippen LogP contribution in [0.15, 0.2) is 18.2 Å². The van der Waals surface area contributed by atoms with Crippen molar-refractivity contribution in [2.24, 2.45) is 11.7 Å². The van der Waals surface area contributed by atoms with E-state index in [0.29, 0.717) is 0 Å². The number of benzene rings is 1. The Morgan fingerprint density at radius 3 is 2.48 bits per heavy atom. The molecule has 1 fully saturated rings. The van der Waals surface area contributed by atoms with Gasteiger partial charge in [0.05, 0.1) is 18.5 Å². The second kappa shape index (κ2) is 14.1. The highest BCUT2D eigenvalue weighted by atomic mass is 16.7. The fourth-order valence-electron chi connectivity index (χ4n) is 4.27. The van der Waals surface area contributed by atoms with E-state index in [1.165, 1.54) is 26.1 Å². The largest absolute Gasteiger partial charge is 0.467 e. The summed E-state index contributed by atoms with van der Waals surface area (Å²) in [5, 5.41) is 11.9. The van der Waals surface area contributed by atoms with Gasteiger partial charge in [-0.05, 0) is 12.0 Å². The molecule has 0 aliphatic carbocycles. The molecule has 5 unspecified atom stereocenters. The average molecular weight is 564 g/mol. The van der Waals surface area contributed by atoms with Crippen molar-refractivity contribution in [3.8, 4) is 18.1 Å². The molecule has 2 N–H and O–H groups in total. The molecule has 14 nitrogen and oxygen atoms in total. The Labute approximate surface area is 231 Å². The number of terminal acetylenes is 1. The lowest BCUT2D eigenvalue weighted by Crippen LogP contribution is -2.49. The molecule has 1 aromatic rings. The molecule has 0 aromatic heterocycles. The second-order valence-corrected chi connectivity index (χ2v) is 9.37. The molecule has 218 valence electrons. The highest BCUT2D eigenvalue weighted by Gasteiger charge is 2.38. The van der Waals surface area contributed by atoms with Gasteiger partial charge in [-0.2, -0.15) is 0 Å². The average Bonchev–Trinajstić information content (AvgIpc) is 2.86. The third-order valence-electron chi connectivity index (χ3n) is 6.03. The maximum atomic E-state index is 12.8. The first kappa shape index (κ1) is 31.8. The van der Waals surface area contributed by atoms with Gasteiger partial charge in [0.15, 0.2) is 11.9 Å². The van der Waals surface area contributed by atoms with E-state index in [4.69, 9.17) is 35.8 Å². The number of amides is 2. The summed E-state index contributed by atoms with van der Waals surface area (Å²) < 4.78 is 26.7. The van der Waals surface area contributed by atoms with E-state index in [1.807, 2.05) is 0 Å². The summed E-state index contributed by atoms with van der Waals surface area (Å²) in [6.45, 7) is 4.62. The van der Waals surface area contributed by atoms with Crippen LogP contribution < -0.4 is 10.5 Å². The van der Waals surface area contributed by atoms with E-state index in [2.05, 4.69) is 5.92 Å². The molecule has 0 spiro atoms. The van der Waals surface area contributed by atoms with E-state index >= 15 is 0 Å². The van der Waals surface area contributed by atoms with Crippen molar-refractivity contribution in [1.29, 1.82) is 0 Å². The van der Waals surface area contributed by atoms with Crippen LogP contribution >= 0.6 is 0 Å². The van der Waals surface area contributed by atoms with E-state index in [1.54, 1.807) is 13.8 Å². The summed E-state index contributed by atoms with van der Waals surface area (Å²) in [5.74, 6) is -0.200. The molecule has 14 heteroatoms. The molecular formula is C26H33N3O11. The number of hydrogen-bond donors (Lipinski definition) is 1. The number of rotatable bonds is 11. The van der Waals surface area contributed by atoms with Crippen LogP contribution in [-0.2, 0) is 33.3 Å². The summed E-state index contributed by atoms with van der Waals surface area (Å²) in [5.41, 5.74) is 5.10. The zero-order chi connectivity index (χ0) is 30.1. The second-order valence-electron chi connectivity index (χ2n) is 9.37. The first-order chi connectivity index (χ1) is 18.8. The number of hydrogen-bond acceptors (Lipinski definition) is 11. The van der Waals surface area contributed by atoms with Gasteiger partial charge in [0, 0.05) is 38.4 Å². The summed E-state index contributed by atoms with van der Waals surface area (Å²) in [7, 11) is 2.51. The van der Waals surface area contributed by atoms with Crippen molar-refractivity contribution in [2.75, 3.05) is 14.2 Å². The lowest BCUT2D eigenvalue weighted by molar-refractivity contribution is -0.386. The minimum atomic E-state index is -1.19. The van der Waals surface area contributed by atoms with Crippen LogP contribution in [-0.4, -0.2) is 72.5 Å². The van der Waals surface area contributed by atoms with Gasteiger partial charge in [0.25, 0.3) is 0 Å². The molecule has 1 saturated heterocycles. The predicted octanol–water partition coefficient (Wildman–Crippen LogP) is 2.23. The lowest BCUT2D eigenvalue weighted by Gasteiger charge is -2.33. The fraction of sp³-hybridized carbons (Fsp3) is 0.538. The zero-order valence-electron chi connectivity index (χ0n) is 22.9. The number of methoxy groups -OCH3 is 1. The Bertz CT molecular complexity index is 1160. The van der Waals surface area contributed by atoms with Crippen LogP contribution in [0.2, 0.25) is 0 Å². The number of ether oxygens (including phenoxy) is 5. The molecule has 1 aliphatic rings. The number of carbonyl (C=O) groups excluding carboxylic acids is 4. The van der Waals surface area contributed by atoms with Crippen LogP contribution in [0.1, 0.15) is 51.7 Å². The van der Waals surface area contributed by atoms with Crippen LogP contribution in [0.3, 0.4) is 0 Å². The third-order valence-corrected chi connectivity index (χ3v) is 6.03. The van der Waals surface area contributed by atoms with E-state index in [0.717, 1.165) is 18.1 Å². The Balaban J connectivity index is 2.32. The number of carbonyl (C=O) groups is 4. The monoisotopic (exact) mass is 563 g/mol. The minimum Gasteiger partial charge on any atom is -0.467 e. The summed E-state index contributed by atoms with van der Waals surface area (Å²) >= 11 is 0. The van der Waals surface area contributed by atoms with Gasteiger partial charge in [-0.25, -0.2) is 9.59 Å². The van der Waals surface area contributed by atoms with Gasteiger partial charge in [-0.3, -0.25) is 24.6 Å². The molecule has 0 bridgehead atoms. The molecule has 5 atom stereocenters. The standard InChI is InChI=1S/C26H33N3O11/c1-7-8-19(40-26(33)28(5)23(14(2)3)24(27)31)16-9-10-20(18(11-16)29(34)35)38-22-13-17(37-15(4)30)12-21(39-22)25(32)36-6/h1,9-11,14,17,19,21-23H,8,12-13H2,2-6H3,(H2,27,31). The van der Waals surface area contributed by atoms with E-state index < -0.39 is 65.2 Å². The Morgan fingerprint density at radius 2 is 1.95 bits per heavy atom. The van der Waals surface area contributed by atoms with Crippen LogP contribution in [0.25, 0.3) is 0 Å². The highest BCUT2D eigenvalue weighted by Crippen LogP contribution is 2.35. The SMILES string of the molecule is C#CCC(OC(=O)N(C)C(C(N)=O)C(C)C)c1ccc(OC2CC(OC(C)=O)CC(C(=O)OC)O2)c([N+](=O)[O-])c1. The molecule has 2 rings (SSSR count). The number of nitro benzene ring substituents is 1. The van der Waals surface area contributed by atoms with Crippen LogP contribution in [0, 0.1) is 28.4 Å². The van der Waals surface area contributed by atoms with Crippen molar-refractivity contribution in [3.63, 3.8) is 0 Å². The van der Waals surface area contributed by atoms with Gasteiger partial charge < -0.3 is 29.4 Å². The molecule has 1 heterocycles. The quantitative estimate of drug-likeness (QED) is 0.137. The molecule has 0 radical (unpaired) electrons. The first-order valence-corrected chi connectivity index (χ1v) is 12.3. The van der Waals surface area contributed by atoms with Crippen LogP contribution in [0.5, 0.6) is 5.75 Å². The van der Waals surface area contributed by atoms with E-state index in [9.17, 15) is 29.3 Å². The smallest absolute Gasteiger partial charge is 0.410 e. The summed E-state index contributed by atoms with van der Waals surface area (Å²) in [6.07, 6.45) is 0.250. The van der Waals surface area contributed by atoms with Crippen LogP contribution in [0.4, 0.5) is 10.5 Å². The first-order valence-electron chi connectivity index (χ1n) is 12.3. The number of likely N-dealkylation sites (N-methyl/N-ethyl adjacent to an activating group) is 1. The zero-order valence-corrected chi connectivity index (χ0v) is 22.9. The maximum Gasteiger partial charge on any atom is 0.410 e. The molecule has 0 saturated carbocycles. The summed E-state index contributed by atoms with van der Waals surface area (Å²) in [4.78, 5) is 60.4. The maximum absolute atomic E-state index is 12.8. The third kappa shape index (κ3) is 8.31. The number of nitro groups is 1. The number of nitrogens with two attached hydrogens (primary N) is 1. The number of esters is 2. The topological polar surface area (TPSA) is 187 Å². The number of nitrogens with zero attached hydrogens (tertiary/aromatic N) is 2. The van der Waals surface area contributed by atoms with Crippen molar-refractivity contribution in [3.05, 3.63) is 33.9 Å². The van der Waals surface area contributed by atoms with Gasteiger partial charge >= 0.3 is 23.7 Å². The molecule has 1 aliphatic heterocycles. The summed E-state index contributed by atoms with van der Waals surface area (Å²) in [6, 6.07) is 2.85. The molecular weight excluding hydrogens is 530 g/mol.